The van der Waals surface area contributed by atoms with E-state index in [9.17, 15) is 15.0 Å². The monoisotopic (exact) mass is 306 g/mol. The summed E-state index contributed by atoms with van der Waals surface area (Å²) in [5.41, 5.74) is 2.45. The summed E-state index contributed by atoms with van der Waals surface area (Å²) in [5, 5.41) is 19.7. The summed E-state index contributed by atoms with van der Waals surface area (Å²) >= 11 is 0. The van der Waals surface area contributed by atoms with Crippen LogP contribution in [0.25, 0.3) is 11.6 Å². The summed E-state index contributed by atoms with van der Waals surface area (Å²) in [4.78, 5) is 13.0. The average Bonchev–Trinajstić information content (AvgIpc) is 2.59. The first-order chi connectivity index (χ1) is 11.2. The first-order valence-electron chi connectivity index (χ1n) is 7.35. The molecular weight excluding hydrogens is 292 g/mol. The minimum Gasteiger partial charge on any atom is -0.504 e. The number of hydrogen-bond acceptors (Lipinski definition) is 4. The van der Waals surface area contributed by atoms with Crippen LogP contribution in [-0.2, 0) is 9.53 Å². The number of aromatic hydroxyl groups is 2. The lowest BCUT2D eigenvalue weighted by molar-refractivity contribution is -0.118. The molecule has 2 aromatic carbocycles. The summed E-state index contributed by atoms with van der Waals surface area (Å²) in [5.74, 6) is -0.986. The Hall–Kier alpha value is -3.01. The van der Waals surface area contributed by atoms with E-state index >= 15 is 0 Å². The summed E-state index contributed by atoms with van der Waals surface area (Å²) in [6.45, 7) is 0. The van der Waals surface area contributed by atoms with Crippen LogP contribution in [-0.4, -0.2) is 22.1 Å². The van der Waals surface area contributed by atoms with Gasteiger partial charge >= 0.3 is 0 Å². The molecule has 0 saturated heterocycles. The molecule has 0 aromatic heterocycles. The van der Waals surface area contributed by atoms with E-state index in [0.717, 1.165) is 5.56 Å². The van der Waals surface area contributed by atoms with Crippen molar-refractivity contribution in [1.29, 1.82) is 0 Å². The van der Waals surface area contributed by atoms with Crippen LogP contribution in [0.4, 0.5) is 0 Å². The zero-order chi connectivity index (χ0) is 16.0. The number of rotatable bonds is 1. The predicted molar refractivity (Wildman–Crippen MR) is 85.8 cm³/mol. The lowest BCUT2D eigenvalue weighted by Gasteiger charge is -2.32. The SMILES string of the molecule is O=C1C(c2ccccc2)=COC2C=Cc3c(ccc(O)c3O)C12. The van der Waals surface area contributed by atoms with Crippen molar-refractivity contribution in [2.24, 2.45) is 0 Å². The minimum atomic E-state index is -0.526. The number of benzene rings is 2. The number of phenols is 2. The lowest BCUT2D eigenvalue weighted by Crippen LogP contribution is -2.33. The number of allylic oxidation sites excluding steroid dienone is 1. The fourth-order valence-electron chi connectivity index (χ4n) is 3.15. The third-order valence-corrected chi connectivity index (χ3v) is 4.32. The molecule has 4 heteroatoms. The number of Topliss-reactive ketones (excluding diaryl/α,β-unsaturated/α-hetero) is 1. The van der Waals surface area contributed by atoms with Gasteiger partial charge in [0, 0.05) is 5.56 Å². The van der Waals surface area contributed by atoms with E-state index in [1.54, 1.807) is 18.2 Å². The number of hydrogen-bond donors (Lipinski definition) is 2. The third-order valence-electron chi connectivity index (χ3n) is 4.32. The Bertz CT molecular complexity index is 849. The highest BCUT2D eigenvalue weighted by atomic mass is 16.5. The highest BCUT2D eigenvalue weighted by molar-refractivity contribution is 6.24. The van der Waals surface area contributed by atoms with Gasteiger partial charge in [-0.25, -0.2) is 0 Å². The topological polar surface area (TPSA) is 66.8 Å². The first-order valence-corrected chi connectivity index (χ1v) is 7.35. The van der Waals surface area contributed by atoms with Gasteiger partial charge in [-0.2, -0.15) is 0 Å². The maximum Gasteiger partial charge on any atom is 0.178 e. The summed E-state index contributed by atoms with van der Waals surface area (Å²) in [6, 6.07) is 12.4. The maximum absolute atomic E-state index is 13.0. The van der Waals surface area contributed by atoms with Gasteiger partial charge in [-0.3, -0.25) is 4.79 Å². The normalized spacial score (nSPS) is 21.9. The van der Waals surface area contributed by atoms with E-state index in [0.29, 0.717) is 16.7 Å². The standard InChI is InChI=1S/C19H14O4/c20-15-8-6-12-13(18(15)21)7-9-16-17(12)19(22)14(10-23-16)11-4-2-1-3-5-11/h1-10,16-17,20-21H. The largest absolute Gasteiger partial charge is 0.504 e. The molecule has 2 aliphatic rings. The number of fused-ring (bicyclic) bond motifs is 3. The summed E-state index contributed by atoms with van der Waals surface area (Å²) in [7, 11) is 0. The zero-order valence-corrected chi connectivity index (χ0v) is 12.1. The van der Waals surface area contributed by atoms with Crippen molar-refractivity contribution >= 4 is 17.4 Å². The van der Waals surface area contributed by atoms with Gasteiger partial charge in [-0.15, -0.1) is 0 Å². The Morgan fingerprint density at radius 1 is 1.00 bits per heavy atom. The molecule has 4 rings (SSSR count). The average molecular weight is 306 g/mol. The molecule has 2 atom stereocenters. The van der Waals surface area contributed by atoms with E-state index in [-0.39, 0.29) is 17.3 Å². The van der Waals surface area contributed by atoms with Crippen molar-refractivity contribution < 1.29 is 19.7 Å². The molecule has 0 spiro atoms. The molecule has 4 nitrogen and oxygen atoms in total. The van der Waals surface area contributed by atoms with Crippen LogP contribution in [0, 0.1) is 0 Å². The maximum atomic E-state index is 13.0. The summed E-state index contributed by atoms with van der Waals surface area (Å²) in [6.07, 6.45) is 4.53. The molecule has 1 heterocycles. The second-order valence-corrected chi connectivity index (χ2v) is 5.64. The fourth-order valence-corrected chi connectivity index (χ4v) is 3.15. The van der Waals surface area contributed by atoms with Crippen molar-refractivity contribution in [3.8, 4) is 11.5 Å². The molecule has 2 N–H and O–H groups in total. The van der Waals surface area contributed by atoms with Crippen molar-refractivity contribution in [3.63, 3.8) is 0 Å². The van der Waals surface area contributed by atoms with Crippen LogP contribution in [0.15, 0.2) is 54.8 Å². The molecule has 0 bridgehead atoms. The smallest absolute Gasteiger partial charge is 0.178 e. The molecule has 0 amide bonds. The van der Waals surface area contributed by atoms with Crippen LogP contribution in [0.1, 0.15) is 22.6 Å². The Kier molecular flexibility index (Phi) is 2.98. The number of phenolic OH excluding ortho intramolecular Hbond substituents is 2. The highest BCUT2D eigenvalue weighted by Gasteiger charge is 2.39. The van der Waals surface area contributed by atoms with Crippen molar-refractivity contribution in [2.45, 2.75) is 12.0 Å². The number of carbonyl (C=O) groups excluding carboxylic acids is 1. The van der Waals surface area contributed by atoms with Crippen molar-refractivity contribution in [2.75, 3.05) is 0 Å². The molecule has 0 fully saturated rings. The quantitative estimate of drug-likeness (QED) is 0.794. The molecule has 2 unspecified atom stereocenters. The van der Waals surface area contributed by atoms with Gasteiger partial charge in [0.05, 0.1) is 17.8 Å². The van der Waals surface area contributed by atoms with E-state index in [1.807, 2.05) is 30.3 Å². The van der Waals surface area contributed by atoms with Gasteiger partial charge in [-0.05, 0) is 23.3 Å². The molecule has 114 valence electrons. The molecule has 1 aliphatic heterocycles. The molecule has 0 radical (unpaired) electrons. The Balaban J connectivity index is 1.82. The Labute approximate surface area is 133 Å². The van der Waals surface area contributed by atoms with Gasteiger partial charge in [-0.1, -0.05) is 42.5 Å². The molecular formula is C19H14O4. The highest BCUT2D eigenvalue weighted by Crippen LogP contribution is 2.44. The van der Waals surface area contributed by atoms with Crippen molar-refractivity contribution in [3.05, 3.63) is 71.5 Å². The Morgan fingerprint density at radius 2 is 1.78 bits per heavy atom. The Morgan fingerprint density at radius 3 is 2.57 bits per heavy atom. The second-order valence-electron chi connectivity index (χ2n) is 5.64. The van der Waals surface area contributed by atoms with Crippen LogP contribution in [0.5, 0.6) is 11.5 Å². The molecule has 1 aliphatic carbocycles. The molecule has 0 saturated carbocycles. The predicted octanol–water partition coefficient (Wildman–Crippen LogP) is 3.22. The van der Waals surface area contributed by atoms with E-state index in [2.05, 4.69) is 0 Å². The van der Waals surface area contributed by atoms with Crippen LogP contribution < -0.4 is 0 Å². The van der Waals surface area contributed by atoms with Gasteiger partial charge in [0.25, 0.3) is 0 Å². The zero-order valence-electron chi connectivity index (χ0n) is 12.1. The van der Waals surface area contributed by atoms with Gasteiger partial charge in [0.1, 0.15) is 6.10 Å². The van der Waals surface area contributed by atoms with Gasteiger partial charge < -0.3 is 14.9 Å². The summed E-state index contributed by atoms with van der Waals surface area (Å²) < 4.78 is 5.73. The first kappa shape index (κ1) is 13.6. The van der Waals surface area contributed by atoms with Crippen LogP contribution >= 0.6 is 0 Å². The number of ketones is 1. The van der Waals surface area contributed by atoms with E-state index in [1.165, 1.54) is 12.3 Å². The molecule has 23 heavy (non-hydrogen) atoms. The number of carbonyl (C=O) groups is 1. The van der Waals surface area contributed by atoms with Gasteiger partial charge in [0.2, 0.25) is 0 Å². The van der Waals surface area contributed by atoms with Crippen LogP contribution in [0.2, 0.25) is 0 Å². The number of ether oxygens (including phenoxy) is 1. The lowest BCUT2D eigenvalue weighted by atomic mass is 9.77. The van der Waals surface area contributed by atoms with E-state index < -0.39 is 12.0 Å². The second kappa shape index (κ2) is 5.02. The van der Waals surface area contributed by atoms with Crippen molar-refractivity contribution in [1.82, 2.24) is 0 Å². The minimum absolute atomic E-state index is 0.0526. The van der Waals surface area contributed by atoms with E-state index in [4.69, 9.17) is 4.74 Å². The fraction of sp³-hybridized carbons (Fsp3) is 0.105. The molecule has 2 aromatic rings. The van der Waals surface area contributed by atoms with Crippen LogP contribution in [0.3, 0.4) is 0 Å². The third kappa shape index (κ3) is 2.03. The van der Waals surface area contributed by atoms with Gasteiger partial charge in [0.15, 0.2) is 17.3 Å².